The monoisotopic (exact) mass is 177 g/mol. The van der Waals surface area contributed by atoms with Crippen molar-refractivity contribution in [3.8, 4) is 0 Å². The van der Waals surface area contributed by atoms with Crippen LogP contribution in [0.5, 0.6) is 0 Å². The lowest BCUT2D eigenvalue weighted by molar-refractivity contribution is -0.490. The van der Waals surface area contributed by atoms with Crippen molar-refractivity contribution in [2.75, 3.05) is 11.5 Å². The summed E-state index contributed by atoms with van der Waals surface area (Å²) < 4.78 is 22.5. The van der Waals surface area contributed by atoms with Crippen LogP contribution in [0.2, 0.25) is 0 Å². The van der Waals surface area contributed by atoms with Gasteiger partial charge in [0.25, 0.3) is 0 Å². The molecule has 4 nitrogen and oxygen atoms in total. The molecular weight excluding hydrogens is 166 g/mol. The van der Waals surface area contributed by atoms with E-state index in [1.807, 2.05) is 0 Å². The van der Waals surface area contributed by atoms with E-state index in [4.69, 9.17) is 0 Å². The zero-order valence-electron chi connectivity index (χ0n) is 6.36. The maximum atomic E-state index is 10.9. The smallest absolute Gasteiger partial charge is 0.177 e. The second-order valence-electron chi connectivity index (χ2n) is 2.67. The van der Waals surface area contributed by atoms with E-state index >= 15 is 0 Å². The van der Waals surface area contributed by atoms with Crippen LogP contribution in [0.3, 0.4) is 0 Å². The van der Waals surface area contributed by atoms with Gasteiger partial charge in [-0.15, -0.1) is 0 Å². The topological polar surface area (TPSA) is 60.2 Å². The van der Waals surface area contributed by atoms with Gasteiger partial charge in [0, 0.05) is 13.3 Å². The second kappa shape index (κ2) is 2.81. The third-order valence-corrected chi connectivity index (χ3v) is 3.57. The van der Waals surface area contributed by atoms with E-state index in [1.165, 1.54) is 6.21 Å². The fourth-order valence-electron chi connectivity index (χ4n) is 1.19. The summed E-state index contributed by atoms with van der Waals surface area (Å²) in [6.07, 6.45) is 1.84. The molecule has 1 saturated heterocycles. The summed E-state index contributed by atoms with van der Waals surface area (Å²) in [6.45, 7) is 1.61. The minimum absolute atomic E-state index is 0.0147. The lowest BCUT2D eigenvalue weighted by Crippen LogP contribution is -2.22. The van der Waals surface area contributed by atoms with E-state index in [0.29, 0.717) is 6.42 Å². The molecule has 0 bridgehead atoms. The molecule has 0 aliphatic carbocycles. The van der Waals surface area contributed by atoms with Crippen molar-refractivity contribution >= 4 is 16.1 Å². The number of sulfone groups is 1. The van der Waals surface area contributed by atoms with Gasteiger partial charge in [0.05, 0.1) is 5.75 Å². The number of hydroxylamine groups is 1. The van der Waals surface area contributed by atoms with Gasteiger partial charge in [-0.2, -0.15) is 0 Å². The van der Waals surface area contributed by atoms with Crippen LogP contribution in [-0.4, -0.2) is 36.9 Å². The summed E-state index contributed by atoms with van der Waals surface area (Å²) in [5.41, 5.74) is 0. The normalized spacial score (nSPS) is 30.6. The molecule has 0 aromatic carbocycles. The molecule has 0 amide bonds. The molecule has 1 aliphatic rings. The van der Waals surface area contributed by atoms with Crippen molar-refractivity contribution in [3.63, 3.8) is 0 Å². The highest BCUT2D eigenvalue weighted by Crippen LogP contribution is 2.13. The van der Waals surface area contributed by atoms with Crippen molar-refractivity contribution in [3.05, 3.63) is 5.21 Å². The van der Waals surface area contributed by atoms with Crippen molar-refractivity contribution in [2.45, 2.75) is 19.4 Å². The van der Waals surface area contributed by atoms with Gasteiger partial charge in [-0.05, 0) is 0 Å². The average molecular weight is 177 g/mol. The molecule has 0 radical (unpaired) electrons. The molecular formula is C6H11NO3S. The van der Waals surface area contributed by atoms with Crippen LogP contribution in [-0.2, 0) is 9.84 Å². The number of nitrogens with zero attached hydrogens (tertiary/aromatic N) is 1. The Balaban J connectivity index is 2.70. The Kier molecular flexibility index (Phi) is 2.17. The van der Waals surface area contributed by atoms with E-state index < -0.39 is 9.84 Å². The highest BCUT2D eigenvalue weighted by molar-refractivity contribution is 7.91. The third-order valence-electron chi connectivity index (χ3n) is 1.82. The highest BCUT2D eigenvalue weighted by Gasteiger charge is 2.32. The summed E-state index contributed by atoms with van der Waals surface area (Å²) in [6, 6.07) is -0.343. The molecule has 1 fully saturated rings. The van der Waals surface area contributed by atoms with Gasteiger partial charge in [0.1, 0.15) is 12.0 Å². The minimum atomic E-state index is -2.91. The number of rotatable bonds is 1. The van der Waals surface area contributed by atoms with Crippen molar-refractivity contribution < 1.29 is 13.2 Å². The van der Waals surface area contributed by atoms with Gasteiger partial charge < -0.3 is 5.21 Å². The molecule has 11 heavy (non-hydrogen) atoms. The molecule has 5 heteroatoms. The summed E-state index contributed by atoms with van der Waals surface area (Å²) >= 11 is 0. The lowest BCUT2D eigenvalue weighted by Gasteiger charge is -2.07. The van der Waals surface area contributed by atoms with Crippen LogP contribution in [0, 0.1) is 5.21 Å². The van der Waals surface area contributed by atoms with E-state index in [1.54, 1.807) is 6.92 Å². The van der Waals surface area contributed by atoms with Crippen LogP contribution in [0.15, 0.2) is 0 Å². The Hall–Kier alpha value is -0.580. The van der Waals surface area contributed by atoms with Gasteiger partial charge in [-0.3, -0.25) is 0 Å². The summed E-state index contributed by atoms with van der Waals surface area (Å²) in [7, 11) is -2.91. The van der Waals surface area contributed by atoms with Gasteiger partial charge in [-0.25, -0.2) is 13.2 Å². The van der Waals surface area contributed by atoms with E-state index in [0.717, 1.165) is 4.74 Å². The predicted molar refractivity (Wildman–Crippen MR) is 42.4 cm³/mol. The SMILES string of the molecule is C/C=[N+](\[O-])C1CCS(=O)(=O)C1. The van der Waals surface area contributed by atoms with Gasteiger partial charge in [-0.1, -0.05) is 0 Å². The van der Waals surface area contributed by atoms with Crippen LogP contribution in [0.25, 0.3) is 0 Å². The summed E-state index contributed by atoms with van der Waals surface area (Å²) in [4.78, 5) is 0. The Bertz CT molecular complexity index is 268. The molecule has 0 aromatic heterocycles. The fraction of sp³-hybridized carbons (Fsp3) is 0.833. The van der Waals surface area contributed by atoms with Crippen LogP contribution < -0.4 is 0 Å². The van der Waals surface area contributed by atoms with Gasteiger partial charge in [0.15, 0.2) is 15.9 Å². The molecule has 1 heterocycles. The second-order valence-corrected chi connectivity index (χ2v) is 4.90. The molecule has 0 aromatic rings. The Morgan fingerprint density at radius 2 is 2.27 bits per heavy atom. The maximum absolute atomic E-state index is 10.9. The molecule has 0 saturated carbocycles. The largest absolute Gasteiger partial charge is 0.624 e. The van der Waals surface area contributed by atoms with Crippen molar-refractivity contribution in [2.24, 2.45) is 0 Å². The first-order valence-corrected chi connectivity index (χ1v) is 5.32. The highest BCUT2D eigenvalue weighted by atomic mass is 32.2. The third kappa shape index (κ3) is 1.92. The predicted octanol–water partition coefficient (Wildman–Crippen LogP) is -0.226. The molecule has 1 aliphatic heterocycles. The first-order valence-electron chi connectivity index (χ1n) is 3.50. The number of hydrogen-bond donors (Lipinski definition) is 0. The Labute approximate surface area is 66.0 Å². The quantitative estimate of drug-likeness (QED) is 0.241. The first kappa shape index (κ1) is 8.52. The van der Waals surface area contributed by atoms with Crippen LogP contribution >= 0.6 is 0 Å². The molecule has 1 atom stereocenters. The minimum Gasteiger partial charge on any atom is -0.624 e. The molecule has 1 unspecified atom stereocenters. The molecule has 64 valence electrons. The van der Waals surface area contributed by atoms with Crippen LogP contribution in [0.1, 0.15) is 13.3 Å². The Morgan fingerprint density at radius 1 is 1.64 bits per heavy atom. The molecule has 0 spiro atoms. The van der Waals surface area contributed by atoms with E-state index in [9.17, 15) is 13.6 Å². The average Bonchev–Trinajstić information content (AvgIpc) is 2.29. The summed E-state index contributed by atoms with van der Waals surface area (Å²) in [5, 5.41) is 10.9. The first-order chi connectivity index (χ1) is 5.05. The molecule has 0 N–H and O–H groups in total. The standard InChI is InChI=1S/C6H11NO3S/c1-2-7(8)6-3-4-11(9,10)5-6/h2,6H,3-5H2,1H3/b7-2-. The van der Waals surface area contributed by atoms with Crippen LogP contribution in [0.4, 0.5) is 0 Å². The molecule has 1 rings (SSSR count). The van der Waals surface area contributed by atoms with E-state index in [-0.39, 0.29) is 17.5 Å². The van der Waals surface area contributed by atoms with E-state index in [2.05, 4.69) is 0 Å². The summed E-state index contributed by atoms with van der Waals surface area (Å²) in [5.74, 6) is 0.172. The van der Waals surface area contributed by atoms with Crippen molar-refractivity contribution in [1.29, 1.82) is 0 Å². The van der Waals surface area contributed by atoms with Crippen molar-refractivity contribution in [1.82, 2.24) is 0 Å². The van der Waals surface area contributed by atoms with Gasteiger partial charge in [0.2, 0.25) is 0 Å². The fourth-order valence-corrected chi connectivity index (χ4v) is 2.88. The number of hydrogen-bond acceptors (Lipinski definition) is 3. The zero-order chi connectivity index (χ0) is 8.48. The Morgan fingerprint density at radius 3 is 2.64 bits per heavy atom. The maximum Gasteiger partial charge on any atom is 0.177 e. The van der Waals surface area contributed by atoms with Gasteiger partial charge >= 0.3 is 0 Å². The lowest BCUT2D eigenvalue weighted by atomic mass is 10.3. The zero-order valence-corrected chi connectivity index (χ0v) is 7.17.